The third-order valence-electron chi connectivity index (χ3n) is 5.37. The highest BCUT2D eigenvalue weighted by molar-refractivity contribution is 7.18. The molecule has 28 heavy (non-hydrogen) atoms. The number of thiazole rings is 1. The minimum atomic E-state index is 0.248. The summed E-state index contributed by atoms with van der Waals surface area (Å²) in [5.74, 6) is 1.23. The molecular formula is C23H26N2O2S. The fourth-order valence-corrected chi connectivity index (χ4v) is 5.09. The maximum Gasteiger partial charge on any atom is 0.162 e. The van der Waals surface area contributed by atoms with Crippen molar-refractivity contribution in [3.8, 4) is 11.5 Å². The first kappa shape index (κ1) is 19.0. The van der Waals surface area contributed by atoms with E-state index in [0.717, 1.165) is 42.6 Å². The molecule has 0 aliphatic carbocycles. The SMILES string of the molecule is C=CCc1cc(CN2CCC[C@H](c3nc4ccccc4s3)C2)c(O)c(OC)c1. The van der Waals surface area contributed by atoms with E-state index in [1.165, 1.54) is 16.1 Å². The Bertz CT molecular complexity index is 949. The number of hydrogen-bond acceptors (Lipinski definition) is 5. The number of phenolic OH excluding ortho intramolecular Hbond substituents is 1. The minimum Gasteiger partial charge on any atom is -0.504 e. The molecule has 0 unspecified atom stereocenters. The highest BCUT2D eigenvalue weighted by atomic mass is 32.1. The smallest absolute Gasteiger partial charge is 0.162 e. The summed E-state index contributed by atoms with van der Waals surface area (Å²) < 4.78 is 6.63. The number of ether oxygens (including phenoxy) is 1. The summed E-state index contributed by atoms with van der Waals surface area (Å²) in [6.45, 7) is 6.54. The number of methoxy groups -OCH3 is 1. The van der Waals surface area contributed by atoms with E-state index >= 15 is 0 Å². The van der Waals surface area contributed by atoms with E-state index in [-0.39, 0.29) is 5.75 Å². The van der Waals surface area contributed by atoms with Crippen LogP contribution in [0.2, 0.25) is 0 Å². The van der Waals surface area contributed by atoms with Crippen molar-refractivity contribution >= 4 is 21.6 Å². The van der Waals surface area contributed by atoms with Gasteiger partial charge in [-0.3, -0.25) is 4.90 Å². The first-order chi connectivity index (χ1) is 13.7. The van der Waals surface area contributed by atoms with Crippen molar-refractivity contribution in [1.29, 1.82) is 0 Å². The van der Waals surface area contributed by atoms with E-state index < -0.39 is 0 Å². The van der Waals surface area contributed by atoms with Gasteiger partial charge < -0.3 is 9.84 Å². The van der Waals surface area contributed by atoms with E-state index in [4.69, 9.17) is 9.72 Å². The summed E-state index contributed by atoms with van der Waals surface area (Å²) in [5.41, 5.74) is 3.12. The van der Waals surface area contributed by atoms with E-state index in [1.807, 2.05) is 29.5 Å². The number of nitrogens with zero attached hydrogens (tertiary/aromatic N) is 2. The van der Waals surface area contributed by atoms with E-state index in [0.29, 0.717) is 18.2 Å². The summed E-state index contributed by atoms with van der Waals surface area (Å²) in [4.78, 5) is 7.30. The lowest BCUT2D eigenvalue weighted by Gasteiger charge is -2.32. The van der Waals surface area contributed by atoms with Gasteiger partial charge in [0.15, 0.2) is 11.5 Å². The molecule has 1 fully saturated rings. The highest BCUT2D eigenvalue weighted by Crippen LogP contribution is 2.36. The zero-order valence-corrected chi connectivity index (χ0v) is 17.0. The Morgan fingerprint density at radius 1 is 1.36 bits per heavy atom. The van der Waals surface area contributed by atoms with Crippen LogP contribution < -0.4 is 4.74 Å². The van der Waals surface area contributed by atoms with Crippen molar-refractivity contribution < 1.29 is 9.84 Å². The first-order valence-corrected chi connectivity index (χ1v) is 10.6. The van der Waals surface area contributed by atoms with Crippen molar-refractivity contribution in [2.24, 2.45) is 0 Å². The van der Waals surface area contributed by atoms with Gasteiger partial charge in [0.25, 0.3) is 0 Å². The van der Waals surface area contributed by atoms with Gasteiger partial charge in [-0.1, -0.05) is 24.3 Å². The van der Waals surface area contributed by atoms with Crippen LogP contribution in [0.5, 0.6) is 11.5 Å². The molecule has 0 amide bonds. The molecule has 0 saturated carbocycles. The van der Waals surface area contributed by atoms with Crippen molar-refractivity contribution in [1.82, 2.24) is 9.88 Å². The van der Waals surface area contributed by atoms with Crippen LogP contribution in [0.15, 0.2) is 49.1 Å². The van der Waals surface area contributed by atoms with Crippen LogP contribution in [-0.4, -0.2) is 35.2 Å². The number of rotatable bonds is 6. The molecule has 5 heteroatoms. The van der Waals surface area contributed by atoms with Crippen LogP contribution in [0.25, 0.3) is 10.2 Å². The quantitative estimate of drug-likeness (QED) is 0.590. The maximum absolute atomic E-state index is 10.6. The van der Waals surface area contributed by atoms with Crippen molar-refractivity contribution in [3.05, 3.63) is 65.2 Å². The predicted octanol–water partition coefficient (Wildman–Crippen LogP) is 5.12. The number of likely N-dealkylation sites (tertiary alicyclic amines) is 1. The fraction of sp³-hybridized carbons (Fsp3) is 0.348. The van der Waals surface area contributed by atoms with Crippen molar-refractivity contribution in [3.63, 3.8) is 0 Å². The Hall–Kier alpha value is -2.37. The molecule has 1 aliphatic rings. The van der Waals surface area contributed by atoms with Crippen LogP contribution in [0.1, 0.15) is 34.9 Å². The largest absolute Gasteiger partial charge is 0.504 e. The number of allylic oxidation sites excluding steroid dienone is 1. The molecule has 3 aromatic rings. The van der Waals surface area contributed by atoms with Crippen molar-refractivity contribution in [2.75, 3.05) is 20.2 Å². The molecule has 1 atom stereocenters. The van der Waals surface area contributed by atoms with Gasteiger partial charge in [0.2, 0.25) is 0 Å². The summed E-state index contributed by atoms with van der Waals surface area (Å²) in [6.07, 6.45) is 4.95. The number of hydrogen-bond donors (Lipinski definition) is 1. The second-order valence-electron chi connectivity index (χ2n) is 7.39. The maximum atomic E-state index is 10.6. The molecule has 1 N–H and O–H groups in total. The highest BCUT2D eigenvalue weighted by Gasteiger charge is 2.25. The summed E-state index contributed by atoms with van der Waals surface area (Å²) in [5, 5.41) is 11.8. The fourth-order valence-electron chi connectivity index (χ4n) is 4.00. The van der Waals surface area contributed by atoms with Crippen LogP contribution >= 0.6 is 11.3 Å². The van der Waals surface area contributed by atoms with Gasteiger partial charge in [0, 0.05) is 24.6 Å². The van der Waals surface area contributed by atoms with Gasteiger partial charge in [-0.25, -0.2) is 4.98 Å². The Morgan fingerprint density at radius 3 is 3.00 bits per heavy atom. The van der Waals surface area contributed by atoms with E-state index in [9.17, 15) is 5.11 Å². The lowest BCUT2D eigenvalue weighted by Crippen LogP contribution is -2.33. The zero-order chi connectivity index (χ0) is 19.5. The Balaban J connectivity index is 1.53. The predicted molar refractivity (Wildman–Crippen MR) is 115 cm³/mol. The standard InChI is InChI=1S/C23H26N2O2S/c1-3-7-16-12-18(22(26)20(13-16)27-2)15-25-11-6-8-17(14-25)23-24-19-9-4-5-10-21(19)28-23/h3-5,9-10,12-13,17,26H,1,6-8,11,14-15H2,2H3/t17-/m0/s1. The molecule has 2 aromatic carbocycles. The number of para-hydroxylation sites is 1. The number of fused-ring (bicyclic) bond motifs is 1. The van der Waals surface area contributed by atoms with Crippen LogP contribution in [0.4, 0.5) is 0 Å². The second kappa shape index (κ2) is 8.33. The number of phenols is 1. The molecule has 4 nitrogen and oxygen atoms in total. The lowest BCUT2D eigenvalue weighted by atomic mass is 9.97. The molecule has 0 spiro atoms. The molecule has 2 heterocycles. The monoisotopic (exact) mass is 394 g/mol. The van der Waals surface area contributed by atoms with Crippen molar-refractivity contribution in [2.45, 2.75) is 31.7 Å². The Labute approximate surface area is 170 Å². The number of aromatic hydroxyl groups is 1. The normalized spacial score (nSPS) is 17.7. The second-order valence-corrected chi connectivity index (χ2v) is 8.45. The first-order valence-electron chi connectivity index (χ1n) is 9.75. The lowest BCUT2D eigenvalue weighted by molar-refractivity contribution is 0.197. The summed E-state index contributed by atoms with van der Waals surface area (Å²) >= 11 is 1.81. The number of benzene rings is 2. The number of piperidine rings is 1. The van der Waals surface area contributed by atoms with Crippen LogP contribution in [0.3, 0.4) is 0 Å². The van der Waals surface area contributed by atoms with E-state index in [2.05, 4.69) is 35.7 Å². The summed E-state index contributed by atoms with van der Waals surface area (Å²) in [7, 11) is 1.60. The average molecular weight is 395 g/mol. The molecule has 0 bridgehead atoms. The molecular weight excluding hydrogens is 368 g/mol. The van der Waals surface area contributed by atoms with Gasteiger partial charge in [-0.15, -0.1) is 17.9 Å². The van der Waals surface area contributed by atoms with Gasteiger partial charge in [0.1, 0.15) is 0 Å². The van der Waals surface area contributed by atoms with E-state index in [1.54, 1.807) is 7.11 Å². The summed E-state index contributed by atoms with van der Waals surface area (Å²) in [6, 6.07) is 12.3. The van der Waals surface area contributed by atoms with Gasteiger partial charge in [-0.05, 0) is 49.6 Å². The molecule has 1 aromatic heterocycles. The zero-order valence-electron chi connectivity index (χ0n) is 16.2. The van der Waals surface area contributed by atoms with Crippen LogP contribution in [0, 0.1) is 0 Å². The molecule has 4 rings (SSSR count). The van der Waals surface area contributed by atoms with Gasteiger partial charge in [0.05, 0.1) is 22.3 Å². The Kier molecular flexibility index (Phi) is 5.64. The number of aromatic nitrogens is 1. The van der Waals surface area contributed by atoms with Crippen LogP contribution in [-0.2, 0) is 13.0 Å². The Morgan fingerprint density at radius 2 is 2.21 bits per heavy atom. The molecule has 1 saturated heterocycles. The third-order valence-corrected chi connectivity index (χ3v) is 6.57. The van der Waals surface area contributed by atoms with Gasteiger partial charge >= 0.3 is 0 Å². The molecule has 1 aliphatic heterocycles. The third kappa shape index (κ3) is 3.91. The average Bonchev–Trinajstić information content (AvgIpc) is 3.15. The van der Waals surface area contributed by atoms with Gasteiger partial charge in [-0.2, -0.15) is 0 Å². The molecule has 0 radical (unpaired) electrons. The topological polar surface area (TPSA) is 45.6 Å². The molecule has 146 valence electrons. The minimum absolute atomic E-state index is 0.248.